The molecule has 1 aliphatic rings. The zero-order chi connectivity index (χ0) is 13.7. The number of likely N-dealkylation sites (tertiary alicyclic amines) is 1. The van der Waals surface area contributed by atoms with Crippen LogP contribution in [0.2, 0.25) is 0 Å². The fraction of sp³-hybridized carbons (Fsp3) is 0.467. The molecule has 0 spiro atoms. The predicted octanol–water partition coefficient (Wildman–Crippen LogP) is 2.72. The Hall–Kier alpha value is -2.02. The normalized spacial score (nSPS) is 17.5. The number of nitrogens with zero attached hydrogens (tertiary/aromatic N) is 2. The lowest BCUT2D eigenvalue weighted by Crippen LogP contribution is -2.42. The van der Waals surface area contributed by atoms with Gasteiger partial charge >= 0.3 is 0 Å². The molecule has 1 atom stereocenters. The van der Waals surface area contributed by atoms with Crippen molar-refractivity contribution in [3.8, 4) is 6.07 Å². The number of anilines is 1. The second-order valence-corrected chi connectivity index (χ2v) is 4.91. The summed E-state index contributed by atoms with van der Waals surface area (Å²) < 4.78 is 0. The van der Waals surface area contributed by atoms with Crippen LogP contribution in [-0.4, -0.2) is 23.5 Å². The Morgan fingerprint density at radius 2 is 2.00 bits per heavy atom. The molecule has 0 bridgehead atoms. The summed E-state index contributed by atoms with van der Waals surface area (Å²) in [6.07, 6.45) is 3.84. The fourth-order valence-electron chi connectivity index (χ4n) is 2.37. The maximum atomic E-state index is 12.0. The van der Waals surface area contributed by atoms with E-state index in [2.05, 4.69) is 11.4 Å². The molecule has 4 heteroatoms. The van der Waals surface area contributed by atoms with Crippen LogP contribution >= 0.6 is 0 Å². The molecule has 1 aromatic carbocycles. The average Bonchev–Trinajstić information content (AvgIpc) is 2.64. The first-order chi connectivity index (χ1) is 9.20. The minimum Gasteiger partial charge on any atom is -0.365 e. The van der Waals surface area contributed by atoms with Gasteiger partial charge in [0.1, 0.15) is 0 Å². The van der Waals surface area contributed by atoms with E-state index in [9.17, 15) is 4.79 Å². The molecule has 0 radical (unpaired) electrons. The summed E-state index contributed by atoms with van der Waals surface area (Å²) in [6.45, 7) is 2.82. The molecule has 19 heavy (non-hydrogen) atoms. The first-order valence-corrected chi connectivity index (χ1v) is 6.77. The smallest absolute Gasteiger partial charge is 0.224 e. The zero-order valence-corrected chi connectivity index (χ0v) is 11.2. The van der Waals surface area contributed by atoms with Crippen LogP contribution in [0.15, 0.2) is 24.3 Å². The van der Waals surface area contributed by atoms with E-state index in [4.69, 9.17) is 5.26 Å². The van der Waals surface area contributed by atoms with Gasteiger partial charge < -0.3 is 10.2 Å². The molecule has 1 saturated heterocycles. The molecule has 1 amide bonds. The van der Waals surface area contributed by atoms with Gasteiger partial charge in [0.15, 0.2) is 0 Å². The van der Waals surface area contributed by atoms with Crippen molar-refractivity contribution >= 4 is 11.6 Å². The van der Waals surface area contributed by atoms with Crippen molar-refractivity contribution in [3.63, 3.8) is 0 Å². The van der Waals surface area contributed by atoms with E-state index in [0.29, 0.717) is 12.0 Å². The number of benzene rings is 1. The lowest BCUT2D eigenvalue weighted by molar-refractivity contribution is -0.132. The molecule has 1 aromatic rings. The number of amides is 1. The highest BCUT2D eigenvalue weighted by atomic mass is 16.2. The van der Waals surface area contributed by atoms with Crippen LogP contribution in [0.1, 0.15) is 38.2 Å². The number of hydrogen-bond donors (Lipinski definition) is 1. The lowest BCUT2D eigenvalue weighted by atomic mass is 10.2. The van der Waals surface area contributed by atoms with Crippen LogP contribution in [0.4, 0.5) is 5.69 Å². The third-order valence-electron chi connectivity index (χ3n) is 3.47. The van der Waals surface area contributed by atoms with Crippen LogP contribution in [0.5, 0.6) is 0 Å². The molecule has 1 heterocycles. The molecule has 1 N–H and O–H groups in total. The Morgan fingerprint density at radius 1 is 1.26 bits per heavy atom. The topological polar surface area (TPSA) is 56.1 Å². The summed E-state index contributed by atoms with van der Waals surface area (Å²) in [4.78, 5) is 13.9. The molecule has 100 valence electrons. The number of nitriles is 1. The molecule has 1 fully saturated rings. The standard InChI is InChI=1S/C15H19N3O/c1-12(18-10-4-2-3-5-15(18)19)17-14-8-6-13(11-16)7-9-14/h6-9,12,17H,2-5,10H2,1H3. The summed E-state index contributed by atoms with van der Waals surface area (Å²) in [5.74, 6) is 0.228. The summed E-state index contributed by atoms with van der Waals surface area (Å²) in [5, 5.41) is 12.1. The molecule has 1 unspecified atom stereocenters. The fourth-order valence-corrected chi connectivity index (χ4v) is 2.37. The first-order valence-electron chi connectivity index (χ1n) is 6.77. The number of carbonyl (C=O) groups is 1. The van der Waals surface area contributed by atoms with Crippen molar-refractivity contribution in [1.29, 1.82) is 5.26 Å². The van der Waals surface area contributed by atoms with E-state index in [1.54, 1.807) is 12.1 Å². The van der Waals surface area contributed by atoms with E-state index in [1.165, 1.54) is 0 Å². The molecule has 0 aromatic heterocycles. The van der Waals surface area contributed by atoms with Crippen molar-refractivity contribution in [2.24, 2.45) is 0 Å². The van der Waals surface area contributed by atoms with Gasteiger partial charge in [-0.2, -0.15) is 5.26 Å². The van der Waals surface area contributed by atoms with Crippen LogP contribution in [0.3, 0.4) is 0 Å². The van der Waals surface area contributed by atoms with Crippen molar-refractivity contribution in [3.05, 3.63) is 29.8 Å². The Morgan fingerprint density at radius 3 is 2.68 bits per heavy atom. The summed E-state index contributed by atoms with van der Waals surface area (Å²) >= 11 is 0. The molecular weight excluding hydrogens is 238 g/mol. The van der Waals surface area contributed by atoms with Crippen LogP contribution in [0.25, 0.3) is 0 Å². The van der Waals surface area contributed by atoms with E-state index in [1.807, 2.05) is 24.0 Å². The van der Waals surface area contributed by atoms with Gasteiger partial charge in [-0.05, 0) is 44.0 Å². The molecule has 4 nitrogen and oxygen atoms in total. The summed E-state index contributed by atoms with van der Waals surface area (Å²) in [5.41, 5.74) is 1.58. The SMILES string of the molecule is CC(Nc1ccc(C#N)cc1)N1CCCCCC1=O. The molecule has 0 aliphatic carbocycles. The Labute approximate surface area is 114 Å². The minimum atomic E-state index is -0.0152. The maximum Gasteiger partial charge on any atom is 0.224 e. The molecule has 0 saturated carbocycles. The van der Waals surface area contributed by atoms with Gasteiger partial charge in [0.2, 0.25) is 5.91 Å². The van der Waals surface area contributed by atoms with Gasteiger partial charge in [0, 0.05) is 18.7 Å². The summed E-state index contributed by atoms with van der Waals surface area (Å²) in [6, 6.07) is 9.39. The number of carbonyl (C=O) groups excluding carboxylic acids is 1. The van der Waals surface area contributed by atoms with Gasteiger partial charge in [-0.25, -0.2) is 0 Å². The van der Waals surface area contributed by atoms with Gasteiger partial charge in [-0.15, -0.1) is 0 Å². The van der Waals surface area contributed by atoms with Crippen LogP contribution < -0.4 is 5.32 Å². The summed E-state index contributed by atoms with van der Waals surface area (Å²) in [7, 11) is 0. The molecule has 2 rings (SSSR count). The van der Waals surface area contributed by atoms with Crippen molar-refractivity contribution in [1.82, 2.24) is 4.90 Å². The van der Waals surface area contributed by atoms with Gasteiger partial charge in [0.05, 0.1) is 17.8 Å². The van der Waals surface area contributed by atoms with Gasteiger partial charge in [-0.3, -0.25) is 4.79 Å². The average molecular weight is 257 g/mol. The number of rotatable bonds is 3. The highest BCUT2D eigenvalue weighted by molar-refractivity contribution is 5.77. The second-order valence-electron chi connectivity index (χ2n) is 4.91. The molecular formula is C15H19N3O. The van der Waals surface area contributed by atoms with E-state index >= 15 is 0 Å². The van der Waals surface area contributed by atoms with Crippen LogP contribution in [-0.2, 0) is 4.79 Å². The van der Waals surface area contributed by atoms with Gasteiger partial charge in [-0.1, -0.05) is 6.42 Å². The lowest BCUT2D eigenvalue weighted by Gasteiger charge is -2.29. The third kappa shape index (κ3) is 3.47. The zero-order valence-electron chi connectivity index (χ0n) is 11.2. The van der Waals surface area contributed by atoms with E-state index < -0.39 is 0 Å². The predicted molar refractivity (Wildman–Crippen MR) is 74.4 cm³/mol. The number of nitrogens with one attached hydrogen (secondary N) is 1. The maximum absolute atomic E-state index is 12.0. The third-order valence-corrected chi connectivity index (χ3v) is 3.47. The first kappa shape index (κ1) is 13.4. The Kier molecular flexibility index (Phi) is 4.40. The van der Waals surface area contributed by atoms with Crippen molar-refractivity contribution in [2.75, 3.05) is 11.9 Å². The van der Waals surface area contributed by atoms with E-state index in [-0.39, 0.29) is 12.1 Å². The second kappa shape index (κ2) is 6.24. The highest BCUT2D eigenvalue weighted by Gasteiger charge is 2.21. The Balaban J connectivity index is 2.00. The number of hydrogen-bond acceptors (Lipinski definition) is 3. The molecule has 1 aliphatic heterocycles. The van der Waals surface area contributed by atoms with Crippen molar-refractivity contribution in [2.45, 2.75) is 38.8 Å². The Bertz CT molecular complexity index is 475. The van der Waals surface area contributed by atoms with Crippen LogP contribution in [0, 0.1) is 11.3 Å². The van der Waals surface area contributed by atoms with Gasteiger partial charge in [0.25, 0.3) is 0 Å². The quantitative estimate of drug-likeness (QED) is 0.905. The monoisotopic (exact) mass is 257 g/mol. The largest absolute Gasteiger partial charge is 0.365 e. The van der Waals surface area contributed by atoms with E-state index in [0.717, 1.165) is 31.5 Å². The highest BCUT2D eigenvalue weighted by Crippen LogP contribution is 2.16. The van der Waals surface area contributed by atoms with Crippen molar-refractivity contribution < 1.29 is 4.79 Å². The minimum absolute atomic E-state index is 0.0152.